The van der Waals surface area contributed by atoms with Gasteiger partial charge >= 0.3 is 0 Å². The number of nitriles is 1. The number of ether oxygens (including phenoxy) is 1. The molecule has 1 aliphatic heterocycles. The highest BCUT2D eigenvalue weighted by molar-refractivity contribution is 4.87. The molecule has 1 saturated heterocycles. The van der Waals surface area contributed by atoms with Crippen LogP contribution >= 0.6 is 0 Å². The molecular formula is C15H27NO. The van der Waals surface area contributed by atoms with Gasteiger partial charge in [-0.3, -0.25) is 0 Å². The average Bonchev–Trinajstić information content (AvgIpc) is 2.22. The predicted molar refractivity (Wildman–Crippen MR) is 70.5 cm³/mol. The van der Waals surface area contributed by atoms with Crippen molar-refractivity contribution in [1.82, 2.24) is 0 Å². The minimum atomic E-state index is 0.00839. The predicted octanol–water partition coefficient (Wildman–Crippen LogP) is 4.16. The average molecular weight is 237 g/mol. The molecule has 0 saturated carbocycles. The molecule has 1 aliphatic rings. The maximum Gasteiger partial charge on any atom is 0.0629 e. The van der Waals surface area contributed by atoms with Crippen LogP contribution in [-0.2, 0) is 4.74 Å². The van der Waals surface area contributed by atoms with E-state index in [4.69, 9.17) is 10.00 Å². The van der Waals surface area contributed by atoms with E-state index in [9.17, 15) is 0 Å². The molecule has 1 fully saturated rings. The molecule has 0 radical (unpaired) electrons. The van der Waals surface area contributed by atoms with Crippen molar-refractivity contribution >= 4 is 0 Å². The van der Waals surface area contributed by atoms with Crippen LogP contribution in [0.15, 0.2) is 0 Å². The summed E-state index contributed by atoms with van der Waals surface area (Å²) in [6.07, 6.45) is 5.40. The van der Waals surface area contributed by atoms with Gasteiger partial charge < -0.3 is 4.74 Å². The van der Waals surface area contributed by atoms with Crippen LogP contribution in [0.5, 0.6) is 0 Å². The molecule has 2 heteroatoms. The zero-order chi connectivity index (χ0) is 12.9. The molecule has 0 aromatic carbocycles. The Morgan fingerprint density at radius 1 is 1.35 bits per heavy atom. The molecule has 0 spiro atoms. The van der Waals surface area contributed by atoms with E-state index < -0.39 is 0 Å². The van der Waals surface area contributed by atoms with Crippen molar-refractivity contribution in [2.45, 2.75) is 65.4 Å². The topological polar surface area (TPSA) is 33.0 Å². The monoisotopic (exact) mass is 237 g/mol. The molecule has 0 aromatic heterocycles. The molecule has 2 atom stereocenters. The summed E-state index contributed by atoms with van der Waals surface area (Å²) in [5, 5.41) is 8.98. The minimum Gasteiger partial charge on any atom is -0.376 e. The summed E-state index contributed by atoms with van der Waals surface area (Å²) in [6, 6.07) is 2.38. The van der Waals surface area contributed by atoms with Crippen LogP contribution in [0, 0.1) is 29.1 Å². The lowest BCUT2D eigenvalue weighted by atomic mass is 9.76. The normalized spacial score (nSPS) is 25.5. The molecule has 98 valence electrons. The van der Waals surface area contributed by atoms with Crippen molar-refractivity contribution in [2.75, 3.05) is 6.61 Å². The zero-order valence-electron chi connectivity index (χ0n) is 11.8. The van der Waals surface area contributed by atoms with Crippen molar-refractivity contribution < 1.29 is 4.74 Å². The third-order valence-electron chi connectivity index (χ3n) is 3.87. The summed E-state index contributed by atoms with van der Waals surface area (Å²) in [5.41, 5.74) is 0.00839. The zero-order valence-corrected chi connectivity index (χ0v) is 11.8. The first-order valence-electron chi connectivity index (χ1n) is 6.95. The van der Waals surface area contributed by atoms with Crippen molar-refractivity contribution in [2.24, 2.45) is 17.8 Å². The molecule has 0 bridgehead atoms. The van der Waals surface area contributed by atoms with Gasteiger partial charge in [0, 0.05) is 13.0 Å². The first kappa shape index (κ1) is 14.5. The molecular weight excluding hydrogens is 210 g/mol. The van der Waals surface area contributed by atoms with Crippen molar-refractivity contribution in [3.63, 3.8) is 0 Å². The van der Waals surface area contributed by atoms with E-state index in [-0.39, 0.29) is 5.60 Å². The minimum absolute atomic E-state index is 0.00839. The molecule has 0 amide bonds. The van der Waals surface area contributed by atoms with Gasteiger partial charge in [0.05, 0.1) is 11.7 Å². The number of nitrogens with zero attached hydrogens (tertiary/aromatic N) is 1. The Labute approximate surface area is 106 Å². The van der Waals surface area contributed by atoms with Gasteiger partial charge in [-0.25, -0.2) is 0 Å². The second kappa shape index (κ2) is 6.40. The molecule has 0 unspecified atom stereocenters. The fourth-order valence-corrected chi connectivity index (χ4v) is 2.85. The summed E-state index contributed by atoms with van der Waals surface area (Å²) < 4.78 is 5.77. The van der Waals surface area contributed by atoms with Gasteiger partial charge in [-0.2, -0.15) is 5.26 Å². The van der Waals surface area contributed by atoms with Crippen LogP contribution in [0.2, 0.25) is 0 Å². The Kier molecular flexibility index (Phi) is 5.46. The lowest BCUT2D eigenvalue weighted by Crippen LogP contribution is -2.36. The van der Waals surface area contributed by atoms with Crippen LogP contribution in [0.1, 0.15) is 59.8 Å². The largest absolute Gasteiger partial charge is 0.376 e. The third-order valence-corrected chi connectivity index (χ3v) is 3.87. The fourth-order valence-electron chi connectivity index (χ4n) is 2.85. The molecule has 1 rings (SSSR count). The van der Waals surface area contributed by atoms with E-state index in [1.807, 2.05) is 0 Å². The van der Waals surface area contributed by atoms with Gasteiger partial charge in [0.2, 0.25) is 0 Å². The van der Waals surface area contributed by atoms with Gasteiger partial charge in [0.15, 0.2) is 0 Å². The number of hydrogen-bond donors (Lipinski definition) is 0. The standard InChI is InChI=1S/C15H27NO/c1-12(2)5-6-13(7-9-16)14-8-10-17-15(3,4)11-14/h12-14H,5-8,10-11H2,1-4H3/t13-,14-/m0/s1. The van der Waals surface area contributed by atoms with Gasteiger partial charge in [-0.15, -0.1) is 0 Å². The van der Waals surface area contributed by atoms with Crippen molar-refractivity contribution in [3.05, 3.63) is 0 Å². The molecule has 1 heterocycles. The summed E-state index contributed by atoms with van der Waals surface area (Å²) in [6.45, 7) is 9.73. The molecule has 2 nitrogen and oxygen atoms in total. The summed E-state index contributed by atoms with van der Waals surface area (Å²) >= 11 is 0. The van der Waals surface area contributed by atoms with E-state index in [1.165, 1.54) is 12.8 Å². The van der Waals surface area contributed by atoms with Gasteiger partial charge in [-0.05, 0) is 50.9 Å². The fraction of sp³-hybridized carbons (Fsp3) is 0.933. The second-order valence-electron chi connectivity index (χ2n) is 6.45. The highest BCUT2D eigenvalue weighted by Gasteiger charge is 2.33. The molecule has 0 N–H and O–H groups in total. The highest BCUT2D eigenvalue weighted by Crippen LogP contribution is 2.37. The Balaban J connectivity index is 2.54. The maximum atomic E-state index is 8.98. The van der Waals surface area contributed by atoms with Gasteiger partial charge in [0.25, 0.3) is 0 Å². The number of hydrogen-bond acceptors (Lipinski definition) is 2. The van der Waals surface area contributed by atoms with Crippen LogP contribution < -0.4 is 0 Å². The summed E-state index contributed by atoms with van der Waals surface area (Å²) in [5.74, 6) is 1.99. The van der Waals surface area contributed by atoms with E-state index in [1.54, 1.807) is 0 Å². The Hall–Kier alpha value is -0.550. The Bertz CT molecular complexity index is 265. The van der Waals surface area contributed by atoms with Crippen LogP contribution in [-0.4, -0.2) is 12.2 Å². The third kappa shape index (κ3) is 5.08. The van der Waals surface area contributed by atoms with E-state index in [0.717, 1.165) is 25.4 Å². The van der Waals surface area contributed by atoms with E-state index in [0.29, 0.717) is 18.3 Å². The van der Waals surface area contributed by atoms with E-state index in [2.05, 4.69) is 33.8 Å². The first-order chi connectivity index (χ1) is 7.94. The van der Waals surface area contributed by atoms with Crippen molar-refractivity contribution in [1.29, 1.82) is 5.26 Å². The molecule has 0 aliphatic carbocycles. The van der Waals surface area contributed by atoms with E-state index >= 15 is 0 Å². The Morgan fingerprint density at radius 2 is 2.06 bits per heavy atom. The van der Waals surface area contributed by atoms with Crippen molar-refractivity contribution in [3.8, 4) is 6.07 Å². The quantitative estimate of drug-likeness (QED) is 0.719. The van der Waals surface area contributed by atoms with Gasteiger partial charge in [-0.1, -0.05) is 20.3 Å². The maximum absolute atomic E-state index is 8.98. The smallest absolute Gasteiger partial charge is 0.0629 e. The lowest BCUT2D eigenvalue weighted by molar-refractivity contribution is -0.0830. The lowest BCUT2D eigenvalue weighted by Gasteiger charge is -2.39. The molecule has 17 heavy (non-hydrogen) atoms. The first-order valence-corrected chi connectivity index (χ1v) is 6.95. The highest BCUT2D eigenvalue weighted by atomic mass is 16.5. The summed E-state index contributed by atoms with van der Waals surface area (Å²) in [4.78, 5) is 0. The van der Waals surface area contributed by atoms with Gasteiger partial charge in [0.1, 0.15) is 0 Å². The van der Waals surface area contributed by atoms with Crippen LogP contribution in [0.25, 0.3) is 0 Å². The Morgan fingerprint density at radius 3 is 2.59 bits per heavy atom. The van der Waals surface area contributed by atoms with Crippen LogP contribution in [0.3, 0.4) is 0 Å². The second-order valence-corrected chi connectivity index (χ2v) is 6.45. The molecule has 0 aromatic rings. The van der Waals surface area contributed by atoms with Crippen LogP contribution in [0.4, 0.5) is 0 Å². The SMILES string of the molecule is CC(C)CC[C@@H](CC#N)[C@H]1CCOC(C)(C)C1. The summed E-state index contributed by atoms with van der Waals surface area (Å²) in [7, 11) is 0. The number of rotatable bonds is 5.